The van der Waals surface area contributed by atoms with Crippen LogP contribution in [0.3, 0.4) is 0 Å². The average molecular weight is 593 g/mol. The van der Waals surface area contributed by atoms with Gasteiger partial charge in [0.1, 0.15) is 6.61 Å². The van der Waals surface area contributed by atoms with Crippen LogP contribution in [-0.2, 0) is 11.3 Å². The molecule has 10 nitrogen and oxygen atoms in total. The molecule has 10 heteroatoms. The van der Waals surface area contributed by atoms with Crippen molar-refractivity contribution in [3.05, 3.63) is 92.0 Å². The number of esters is 1. The van der Waals surface area contributed by atoms with Gasteiger partial charge in [0.05, 0.1) is 29.1 Å². The summed E-state index contributed by atoms with van der Waals surface area (Å²) < 4.78 is 16.1. The molecule has 0 N–H and O–H groups in total. The first kappa shape index (κ1) is 33.0. The fraction of sp³-hybridized carbons (Fsp3) is 0.424. The molecule has 0 amide bonds. The van der Waals surface area contributed by atoms with E-state index in [1.54, 1.807) is 36.4 Å². The summed E-state index contributed by atoms with van der Waals surface area (Å²) in [5, 5.41) is 23.6. The summed E-state index contributed by atoms with van der Waals surface area (Å²) in [5.74, 6) is -0.235. The van der Waals surface area contributed by atoms with E-state index in [-0.39, 0.29) is 29.5 Å². The number of unbranched alkanes of at least 4 members (excludes halogenated alkanes) is 9. The Kier molecular flexibility index (Phi) is 13.4. The fourth-order valence-electron chi connectivity index (χ4n) is 4.71. The first-order valence-electron chi connectivity index (χ1n) is 14.8. The number of ether oxygens (including phenoxy) is 3. The highest BCUT2D eigenvalue weighted by atomic mass is 16.6. The number of benzene rings is 3. The quantitative estimate of drug-likeness (QED) is 0.0584. The van der Waals surface area contributed by atoms with E-state index in [0.29, 0.717) is 28.9 Å². The van der Waals surface area contributed by atoms with Crippen molar-refractivity contribution in [1.82, 2.24) is 0 Å². The molecule has 0 saturated heterocycles. The van der Waals surface area contributed by atoms with Gasteiger partial charge in [-0.3, -0.25) is 20.2 Å². The molecule has 230 valence electrons. The summed E-state index contributed by atoms with van der Waals surface area (Å²) in [6, 6.07) is 15.5. The monoisotopic (exact) mass is 592 g/mol. The van der Waals surface area contributed by atoms with Crippen LogP contribution in [0.2, 0.25) is 0 Å². The molecule has 0 unspecified atom stereocenters. The summed E-state index contributed by atoms with van der Waals surface area (Å²) in [6.45, 7) is 2.65. The number of carbonyl (C=O) groups excluding carboxylic acids is 1. The third kappa shape index (κ3) is 10.4. The third-order valence-electron chi connectivity index (χ3n) is 7.17. The molecular weight excluding hydrogens is 552 g/mol. The first-order chi connectivity index (χ1) is 20.8. The third-order valence-corrected chi connectivity index (χ3v) is 7.17. The molecule has 0 aliphatic rings. The lowest BCUT2D eigenvalue weighted by Gasteiger charge is -2.11. The second-order valence-corrected chi connectivity index (χ2v) is 10.4. The van der Waals surface area contributed by atoms with Gasteiger partial charge < -0.3 is 14.2 Å². The van der Waals surface area contributed by atoms with Crippen LogP contribution in [0.1, 0.15) is 87.1 Å². The van der Waals surface area contributed by atoms with Crippen LogP contribution in [0.5, 0.6) is 11.5 Å². The lowest BCUT2D eigenvalue weighted by molar-refractivity contribution is -0.386. The molecule has 0 bridgehead atoms. The molecule has 0 aliphatic carbocycles. The second kappa shape index (κ2) is 17.5. The van der Waals surface area contributed by atoms with Gasteiger partial charge >= 0.3 is 17.3 Å². The summed E-state index contributed by atoms with van der Waals surface area (Å²) in [6.07, 6.45) is 11.9. The molecule has 0 radical (unpaired) electrons. The SMILES string of the molecule is CCCCCCCCCCCCOc1ccc(-c2ccc(OCc3ccc(C(=O)OC)cc3)c([N+](=O)[O-])c2)cc1[N+](=O)[O-]. The number of hydrogen-bond donors (Lipinski definition) is 0. The molecule has 0 saturated carbocycles. The van der Waals surface area contributed by atoms with Crippen LogP contribution < -0.4 is 9.47 Å². The second-order valence-electron chi connectivity index (χ2n) is 10.4. The van der Waals surface area contributed by atoms with Crippen molar-refractivity contribution in [3.8, 4) is 22.6 Å². The van der Waals surface area contributed by atoms with Gasteiger partial charge in [-0.25, -0.2) is 4.79 Å². The van der Waals surface area contributed by atoms with Crippen LogP contribution in [0.25, 0.3) is 11.1 Å². The Balaban J connectivity index is 1.59. The Bertz CT molecular complexity index is 1360. The molecule has 0 heterocycles. The molecule has 0 aliphatic heterocycles. The van der Waals surface area contributed by atoms with Crippen molar-refractivity contribution >= 4 is 17.3 Å². The number of carbonyl (C=O) groups is 1. The summed E-state index contributed by atoms with van der Waals surface area (Å²) >= 11 is 0. The van der Waals surface area contributed by atoms with E-state index in [4.69, 9.17) is 9.47 Å². The summed E-state index contributed by atoms with van der Waals surface area (Å²) in [7, 11) is 1.29. The number of nitro benzene ring substituents is 2. The predicted octanol–water partition coefficient (Wildman–Crippen LogP) is 8.84. The zero-order chi connectivity index (χ0) is 31.0. The first-order valence-corrected chi connectivity index (χ1v) is 14.8. The van der Waals surface area contributed by atoms with E-state index in [1.807, 2.05) is 0 Å². The van der Waals surface area contributed by atoms with E-state index < -0.39 is 15.8 Å². The number of hydrogen-bond acceptors (Lipinski definition) is 8. The Morgan fingerprint density at radius 2 is 1.16 bits per heavy atom. The molecular formula is C33H40N2O8. The molecule has 0 atom stereocenters. The smallest absolute Gasteiger partial charge is 0.337 e. The Morgan fingerprint density at radius 1 is 0.674 bits per heavy atom. The minimum atomic E-state index is -0.558. The molecule has 43 heavy (non-hydrogen) atoms. The molecule has 3 rings (SSSR count). The van der Waals surface area contributed by atoms with Gasteiger partial charge in [-0.15, -0.1) is 0 Å². The van der Waals surface area contributed by atoms with Crippen LogP contribution in [-0.4, -0.2) is 29.5 Å². The van der Waals surface area contributed by atoms with E-state index in [2.05, 4.69) is 11.7 Å². The molecule has 0 aromatic heterocycles. The fourth-order valence-corrected chi connectivity index (χ4v) is 4.71. The van der Waals surface area contributed by atoms with E-state index in [1.165, 1.54) is 76.3 Å². The van der Waals surface area contributed by atoms with E-state index in [0.717, 1.165) is 19.3 Å². The van der Waals surface area contributed by atoms with Crippen molar-refractivity contribution in [1.29, 1.82) is 0 Å². The topological polar surface area (TPSA) is 131 Å². The van der Waals surface area contributed by atoms with Crippen LogP contribution in [0.4, 0.5) is 11.4 Å². The predicted molar refractivity (Wildman–Crippen MR) is 165 cm³/mol. The van der Waals surface area contributed by atoms with Gasteiger partial charge in [-0.1, -0.05) is 89.0 Å². The number of nitrogens with zero attached hydrogens (tertiary/aromatic N) is 2. The highest BCUT2D eigenvalue weighted by Gasteiger charge is 2.20. The number of methoxy groups -OCH3 is 1. The lowest BCUT2D eigenvalue weighted by Crippen LogP contribution is -2.03. The van der Waals surface area contributed by atoms with E-state index in [9.17, 15) is 25.0 Å². The highest BCUT2D eigenvalue weighted by molar-refractivity contribution is 5.89. The van der Waals surface area contributed by atoms with Gasteiger partial charge in [-0.2, -0.15) is 0 Å². The number of rotatable bonds is 19. The van der Waals surface area contributed by atoms with Crippen molar-refractivity contribution in [2.24, 2.45) is 0 Å². The minimum Gasteiger partial charge on any atom is -0.487 e. The Labute approximate surface area is 252 Å². The van der Waals surface area contributed by atoms with Gasteiger partial charge in [0.2, 0.25) is 0 Å². The zero-order valence-corrected chi connectivity index (χ0v) is 24.9. The van der Waals surface area contributed by atoms with Crippen molar-refractivity contribution in [2.75, 3.05) is 13.7 Å². The Morgan fingerprint density at radius 3 is 1.65 bits per heavy atom. The van der Waals surface area contributed by atoms with Gasteiger partial charge in [0.15, 0.2) is 11.5 Å². The molecule has 3 aromatic rings. The van der Waals surface area contributed by atoms with Crippen LogP contribution in [0.15, 0.2) is 60.7 Å². The maximum Gasteiger partial charge on any atom is 0.337 e. The van der Waals surface area contributed by atoms with Crippen molar-refractivity contribution in [2.45, 2.75) is 77.7 Å². The number of nitro groups is 2. The minimum absolute atomic E-state index is 0.0399. The normalized spacial score (nSPS) is 10.7. The maximum atomic E-state index is 11.8. The average Bonchev–Trinajstić information content (AvgIpc) is 3.02. The standard InChI is InChI=1S/C33H40N2O8/c1-3-4-5-6-7-8-9-10-11-12-21-42-31-19-17-27(22-29(31)34(37)38)28-18-20-32(30(23-28)35(39)40)43-24-25-13-15-26(16-14-25)33(36)41-2/h13-20,22-23H,3-12,21,24H2,1-2H3. The van der Waals surface area contributed by atoms with Crippen molar-refractivity contribution < 1.29 is 28.9 Å². The Hall–Kier alpha value is -4.47. The molecule has 3 aromatic carbocycles. The van der Waals surface area contributed by atoms with Gasteiger partial charge in [-0.05, 0) is 47.4 Å². The van der Waals surface area contributed by atoms with Crippen LogP contribution >= 0.6 is 0 Å². The van der Waals surface area contributed by atoms with Crippen LogP contribution in [0, 0.1) is 20.2 Å². The van der Waals surface area contributed by atoms with E-state index >= 15 is 0 Å². The highest BCUT2D eigenvalue weighted by Crippen LogP contribution is 2.37. The largest absolute Gasteiger partial charge is 0.487 e. The van der Waals surface area contributed by atoms with Crippen molar-refractivity contribution in [3.63, 3.8) is 0 Å². The lowest BCUT2D eigenvalue weighted by atomic mass is 10.0. The molecule has 0 fully saturated rings. The maximum absolute atomic E-state index is 11.8. The summed E-state index contributed by atoms with van der Waals surface area (Å²) in [5.41, 5.74) is 1.51. The zero-order valence-electron chi connectivity index (χ0n) is 24.9. The van der Waals surface area contributed by atoms with Gasteiger partial charge in [0.25, 0.3) is 0 Å². The van der Waals surface area contributed by atoms with Gasteiger partial charge in [0, 0.05) is 12.1 Å². The summed E-state index contributed by atoms with van der Waals surface area (Å²) in [4.78, 5) is 34.2. The molecule has 0 spiro atoms.